The molecule has 2 nitrogen and oxygen atoms in total. The highest BCUT2D eigenvalue weighted by atomic mass is 19.1. The largest absolute Gasteiger partial charge is 0.294 e. The third-order valence-electron chi connectivity index (χ3n) is 7.11. The van der Waals surface area contributed by atoms with Crippen LogP contribution in [0.15, 0.2) is 140 Å². The van der Waals surface area contributed by atoms with Gasteiger partial charge in [0, 0.05) is 16.5 Å². The molecule has 7 aromatic rings. The summed E-state index contributed by atoms with van der Waals surface area (Å²) in [5.74, 6) is 0.0230. The smallest absolute Gasteiger partial charge is 0.214 e. The lowest BCUT2D eigenvalue weighted by molar-refractivity contribution is 0.584. The molecule has 0 spiro atoms. The van der Waals surface area contributed by atoms with Crippen LogP contribution in [0.2, 0.25) is 0 Å². The van der Waals surface area contributed by atoms with Gasteiger partial charge in [0.15, 0.2) is 0 Å². The lowest BCUT2D eigenvalue weighted by atomic mass is 9.89. The second-order valence-electron chi connectivity index (χ2n) is 9.37. The van der Waals surface area contributed by atoms with Crippen molar-refractivity contribution in [2.45, 2.75) is 0 Å². The van der Waals surface area contributed by atoms with Crippen LogP contribution in [0.1, 0.15) is 0 Å². The van der Waals surface area contributed by atoms with Gasteiger partial charge in [-0.2, -0.15) is 4.39 Å². The minimum atomic E-state index is -0.509. The number of halogens is 1. The Morgan fingerprint density at radius 1 is 0.500 bits per heavy atom. The van der Waals surface area contributed by atoms with Gasteiger partial charge in [0.2, 0.25) is 5.95 Å². The normalized spacial score (nSPS) is 11.3. The van der Waals surface area contributed by atoms with Crippen LogP contribution < -0.4 is 4.90 Å². The van der Waals surface area contributed by atoms with Crippen LogP contribution in [0, 0.1) is 5.95 Å². The second kappa shape index (κ2) is 9.13. The lowest BCUT2D eigenvalue weighted by Crippen LogP contribution is -2.13. The first-order valence-corrected chi connectivity index (χ1v) is 12.7. The van der Waals surface area contributed by atoms with Crippen molar-refractivity contribution in [3.63, 3.8) is 0 Å². The minimum absolute atomic E-state index is 0.509. The van der Waals surface area contributed by atoms with Crippen molar-refractivity contribution in [1.82, 2.24) is 4.98 Å². The molecule has 7 rings (SSSR count). The average molecular weight is 491 g/mol. The molecule has 1 heterocycles. The van der Waals surface area contributed by atoms with Crippen LogP contribution in [0.5, 0.6) is 0 Å². The highest BCUT2D eigenvalue weighted by Gasteiger charge is 2.22. The Labute approximate surface area is 220 Å². The van der Waals surface area contributed by atoms with E-state index in [-0.39, 0.29) is 0 Å². The van der Waals surface area contributed by atoms with E-state index in [9.17, 15) is 4.39 Å². The summed E-state index contributed by atoms with van der Waals surface area (Å²) in [6, 6.07) is 47.1. The fraction of sp³-hybridized carbons (Fsp3) is 0. The average Bonchev–Trinajstić information content (AvgIpc) is 2.97. The van der Waals surface area contributed by atoms with E-state index in [0.29, 0.717) is 5.82 Å². The molecule has 0 aliphatic carbocycles. The van der Waals surface area contributed by atoms with Crippen molar-refractivity contribution in [2.24, 2.45) is 0 Å². The van der Waals surface area contributed by atoms with Gasteiger partial charge in [0.1, 0.15) is 5.82 Å². The molecule has 0 unspecified atom stereocenters. The lowest BCUT2D eigenvalue weighted by Gasteiger charge is -2.28. The Morgan fingerprint density at radius 2 is 1.11 bits per heavy atom. The topological polar surface area (TPSA) is 16.1 Å². The standard InChI is InChI=1S/C35H23FN2/c36-32-19-10-20-33(37-32)38(27-13-2-1-3-14-27)35-30-17-8-6-15-28(30)34(29-16-7-9-18-31(29)35)26-22-21-24-11-4-5-12-25(24)23-26/h1-23H. The van der Waals surface area contributed by atoms with Gasteiger partial charge in [-0.15, -0.1) is 0 Å². The first-order valence-electron chi connectivity index (χ1n) is 12.7. The molecule has 180 valence electrons. The van der Waals surface area contributed by atoms with Gasteiger partial charge in [-0.25, -0.2) is 4.98 Å². The monoisotopic (exact) mass is 490 g/mol. The maximum absolute atomic E-state index is 14.5. The summed E-state index contributed by atoms with van der Waals surface area (Å²) in [5.41, 5.74) is 4.24. The molecule has 3 heteroatoms. The van der Waals surface area contributed by atoms with Gasteiger partial charge >= 0.3 is 0 Å². The van der Waals surface area contributed by atoms with Crippen LogP contribution in [0.3, 0.4) is 0 Å². The van der Waals surface area contributed by atoms with Gasteiger partial charge in [-0.1, -0.05) is 109 Å². The van der Waals surface area contributed by atoms with E-state index in [1.807, 2.05) is 36.4 Å². The van der Waals surface area contributed by atoms with E-state index in [1.54, 1.807) is 6.07 Å². The zero-order valence-corrected chi connectivity index (χ0v) is 20.6. The van der Waals surface area contributed by atoms with Crippen LogP contribution in [0.25, 0.3) is 43.4 Å². The Hall–Kier alpha value is -5.02. The van der Waals surface area contributed by atoms with E-state index in [2.05, 4.69) is 101 Å². The third kappa shape index (κ3) is 3.68. The third-order valence-corrected chi connectivity index (χ3v) is 7.11. The predicted molar refractivity (Wildman–Crippen MR) is 157 cm³/mol. The molecule has 0 bridgehead atoms. The Balaban J connectivity index is 1.61. The maximum Gasteiger partial charge on any atom is 0.214 e. The second-order valence-corrected chi connectivity index (χ2v) is 9.37. The molecule has 38 heavy (non-hydrogen) atoms. The van der Waals surface area contributed by atoms with E-state index in [0.717, 1.165) is 38.5 Å². The molecule has 0 N–H and O–H groups in total. The quantitative estimate of drug-likeness (QED) is 0.180. The number of para-hydroxylation sites is 1. The minimum Gasteiger partial charge on any atom is -0.294 e. The highest BCUT2D eigenvalue weighted by molar-refractivity contribution is 6.22. The number of hydrogen-bond acceptors (Lipinski definition) is 2. The SMILES string of the molecule is Fc1cccc(N(c2ccccc2)c2c3ccccc3c(-c3ccc4ccccc4c3)c3ccccc23)n1. The summed E-state index contributed by atoms with van der Waals surface area (Å²) < 4.78 is 14.5. The summed E-state index contributed by atoms with van der Waals surface area (Å²) in [7, 11) is 0. The fourth-order valence-electron chi connectivity index (χ4n) is 5.48. The summed E-state index contributed by atoms with van der Waals surface area (Å²) >= 11 is 0. The van der Waals surface area contributed by atoms with E-state index in [1.165, 1.54) is 22.4 Å². The van der Waals surface area contributed by atoms with E-state index in [4.69, 9.17) is 0 Å². The van der Waals surface area contributed by atoms with Gasteiger partial charge in [0.25, 0.3) is 0 Å². The van der Waals surface area contributed by atoms with Crippen molar-refractivity contribution in [1.29, 1.82) is 0 Å². The number of anilines is 3. The first kappa shape index (κ1) is 22.2. The Bertz CT molecular complexity index is 1890. The number of aromatic nitrogens is 1. The summed E-state index contributed by atoms with van der Waals surface area (Å²) in [6.45, 7) is 0. The van der Waals surface area contributed by atoms with Crippen LogP contribution in [0.4, 0.5) is 21.6 Å². The van der Waals surface area contributed by atoms with Gasteiger partial charge in [-0.05, 0) is 63.0 Å². The molecule has 0 aliphatic heterocycles. The van der Waals surface area contributed by atoms with Crippen LogP contribution in [-0.4, -0.2) is 4.98 Å². The number of fused-ring (bicyclic) bond motifs is 3. The van der Waals surface area contributed by atoms with Crippen molar-refractivity contribution in [2.75, 3.05) is 4.90 Å². The summed E-state index contributed by atoms with van der Waals surface area (Å²) in [5, 5.41) is 6.84. The molecule has 0 amide bonds. The van der Waals surface area contributed by atoms with Crippen LogP contribution in [-0.2, 0) is 0 Å². The number of benzene rings is 6. The molecule has 6 aromatic carbocycles. The van der Waals surface area contributed by atoms with Gasteiger partial charge < -0.3 is 0 Å². The molecule has 0 atom stereocenters. The maximum atomic E-state index is 14.5. The van der Waals surface area contributed by atoms with Gasteiger partial charge in [0.05, 0.1) is 5.69 Å². The predicted octanol–water partition coefficient (Wildman–Crippen LogP) is 9.82. The van der Waals surface area contributed by atoms with Crippen LogP contribution >= 0.6 is 0 Å². The molecule has 0 radical (unpaired) electrons. The zero-order chi connectivity index (χ0) is 25.5. The molecule has 0 saturated carbocycles. The van der Waals surface area contributed by atoms with Crippen molar-refractivity contribution in [3.05, 3.63) is 145 Å². The van der Waals surface area contributed by atoms with Crippen molar-refractivity contribution < 1.29 is 4.39 Å². The molecular weight excluding hydrogens is 467 g/mol. The van der Waals surface area contributed by atoms with E-state index < -0.39 is 5.95 Å². The summed E-state index contributed by atoms with van der Waals surface area (Å²) in [4.78, 5) is 6.38. The number of rotatable bonds is 4. The van der Waals surface area contributed by atoms with Crippen molar-refractivity contribution >= 4 is 49.5 Å². The number of nitrogens with zero attached hydrogens (tertiary/aromatic N) is 2. The Morgan fingerprint density at radius 3 is 1.79 bits per heavy atom. The fourth-order valence-corrected chi connectivity index (χ4v) is 5.48. The van der Waals surface area contributed by atoms with Crippen molar-refractivity contribution in [3.8, 4) is 11.1 Å². The summed E-state index contributed by atoms with van der Waals surface area (Å²) in [6.07, 6.45) is 0. The van der Waals surface area contributed by atoms with Gasteiger partial charge in [-0.3, -0.25) is 4.90 Å². The molecule has 0 aliphatic rings. The molecule has 1 aromatic heterocycles. The highest BCUT2D eigenvalue weighted by Crippen LogP contribution is 2.47. The zero-order valence-electron chi connectivity index (χ0n) is 20.6. The first-order chi connectivity index (χ1) is 18.8. The van der Waals surface area contributed by atoms with E-state index >= 15 is 0 Å². The molecular formula is C35H23FN2. The molecule has 0 fully saturated rings. The Kier molecular flexibility index (Phi) is 5.33. The molecule has 0 saturated heterocycles. The number of hydrogen-bond donors (Lipinski definition) is 0. The number of pyridine rings is 1.